The van der Waals surface area contributed by atoms with E-state index in [1.165, 1.54) is 0 Å². The first-order valence-corrected chi connectivity index (χ1v) is 7.84. The van der Waals surface area contributed by atoms with Crippen molar-refractivity contribution in [3.8, 4) is 11.1 Å². The van der Waals surface area contributed by atoms with E-state index >= 15 is 0 Å². The van der Waals surface area contributed by atoms with E-state index in [4.69, 9.17) is 17.3 Å². The highest BCUT2D eigenvalue weighted by Crippen LogP contribution is 2.37. The van der Waals surface area contributed by atoms with Crippen molar-refractivity contribution < 1.29 is 9.59 Å². The van der Waals surface area contributed by atoms with Crippen molar-refractivity contribution in [1.29, 1.82) is 0 Å². The summed E-state index contributed by atoms with van der Waals surface area (Å²) in [5, 5.41) is 2.93. The number of halogens is 1. The Kier molecular flexibility index (Phi) is 4.09. The minimum atomic E-state index is -0.393. The molecule has 1 fully saturated rings. The number of carbonyl (C=O) groups excluding carboxylic acids is 2. The zero-order valence-electron chi connectivity index (χ0n) is 12.7. The van der Waals surface area contributed by atoms with Crippen LogP contribution in [0.2, 0.25) is 5.02 Å². The van der Waals surface area contributed by atoms with E-state index in [1.807, 2.05) is 43.3 Å². The fraction of sp³-hybridized carbons (Fsp3) is 0.222. The minimum absolute atomic E-state index is 0.229. The van der Waals surface area contributed by atoms with Gasteiger partial charge < -0.3 is 5.73 Å². The number of anilines is 1. The fourth-order valence-corrected chi connectivity index (χ4v) is 3.24. The van der Waals surface area contributed by atoms with Crippen LogP contribution in [0.5, 0.6) is 0 Å². The van der Waals surface area contributed by atoms with Gasteiger partial charge in [-0.15, -0.1) is 0 Å². The molecule has 118 valence electrons. The van der Waals surface area contributed by atoms with Crippen LogP contribution in [-0.2, 0) is 9.59 Å². The summed E-state index contributed by atoms with van der Waals surface area (Å²) >= 11 is 6.57. The highest BCUT2D eigenvalue weighted by Gasteiger charge is 2.30. The summed E-state index contributed by atoms with van der Waals surface area (Å²) in [5.74, 6) is -0.906. The van der Waals surface area contributed by atoms with Crippen molar-refractivity contribution in [3.05, 3.63) is 52.5 Å². The smallest absolute Gasteiger partial charge is 0.234 e. The predicted molar refractivity (Wildman–Crippen MR) is 91.2 cm³/mol. The molecule has 23 heavy (non-hydrogen) atoms. The molecule has 2 amide bonds. The number of piperidine rings is 1. The molecule has 1 atom stereocenters. The van der Waals surface area contributed by atoms with Crippen molar-refractivity contribution in [1.82, 2.24) is 5.32 Å². The molecule has 2 aromatic carbocycles. The predicted octanol–water partition coefficient (Wildman–Crippen LogP) is 3.42. The van der Waals surface area contributed by atoms with Gasteiger partial charge in [-0.1, -0.05) is 35.9 Å². The fourth-order valence-electron chi connectivity index (χ4n) is 2.88. The molecule has 0 aliphatic carbocycles. The Morgan fingerprint density at radius 2 is 2.00 bits per heavy atom. The molecule has 1 saturated heterocycles. The third kappa shape index (κ3) is 2.94. The number of imide groups is 1. The molecule has 1 aliphatic rings. The Balaban J connectivity index is 2.03. The molecule has 0 bridgehead atoms. The monoisotopic (exact) mass is 328 g/mol. The van der Waals surface area contributed by atoms with Crippen molar-refractivity contribution in [2.45, 2.75) is 25.7 Å². The molecule has 1 aliphatic heterocycles. The van der Waals surface area contributed by atoms with Crippen LogP contribution in [0.25, 0.3) is 11.1 Å². The van der Waals surface area contributed by atoms with Gasteiger partial charge in [0, 0.05) is 17.7 Å². The first-order valence-electron chi connectivity index (χ1n) is 7.46. The van der Waals surface area contributed by atoms with E-state index in [0.29, 0.717) is 17.9 Å². The van der Waals surface area contributed by atoms with Crippen LogP contribution < -0.4 is 11.1 Å². The first-order chi connectivity index (χ1) is 11.0. The molecule has 0 spiro atoms. The molecule has 0 radical (unpaired) electrons. The molecule has 3 N–H and O–H groups in total. The van der Waals surface area contributed by atoms with E-state index in [-0.39, 0.29) is 11.8 Å². The van der Waals surface area contributed by atoms with Gasteiger partial charge in [0.25, 0.3) is 0 Å². The van der Waals surface area contributed by atoms with E-state index in [2.05, 4.69) is 5.32 Å². The number of nitrogen functional groups attached to an aromatic ring is 1. The lowest BCUT2D eigenvalue weighted by atomic mass is 9.88. The summed E-state index contributed by atoms with van der Waals surface area (Å²) < 4.78 is 0. The Bertz CT molecular complexity index is 802. The first kappa shape index (κ1) is 15.6. The Morgan fingerprint density at radius 1 is 1.22 bits per heavy atom. The van der Waals surface area contributed by atoms with Crippen LogP contribution in [0, 0.1) is 6.92 Å². The second kappa shape index (κ2) is 6.05. The lowest BCUT2D eigenvalue weighted by Crippen LogP contribution is -2.39. The highest BCUT2D eigenvalue weighted by atomic mass is 35.5. The molecule has 2 aromatic rings. The number of hydrogen-bond acceptors (Lipinski definition) is 3. The number of aryl methyl sites for hydroxylation is 1. The molecule has 5 heteroatoms. The van der Waals surface area contributed by atoms with Crippen LogP contribution in [0.4, 0.5) is 5.69 Å². The number of nitrogens with two attached hydrogens (primary N) is 1. The standard InChI is InChI=1S/C18H17ClN2O2/c1-10-9-11(5-7-15(10)20)12-3-2-4-13(17(12)19)14-6-8-16(22)21-18(14)23/h2-5,7,9,14H,6,8,20H2,1H3,(H,21,22,23). The third-order valence-electron chi connectivity index (χ3n) is 4.22. The maximum Gasteiger partial charge on any atom is 0.234 e. The summed E-state index contributed by atoms with van der Waals surface area (Å²) in [6.07, 6.45) is 0.812. The number of carbonyl (C=O) groups is 2. The summed E-state index contributed by atoms with van der Waals surface area (Å²) in [5.41, 5.74) is 10.1. The molecular weight excluding hydrogens is 312 g/mol. The molecule has 0 aromatic heterocycles. The number of hydrogen-bond donors (Lipinski definition) is 2. The second-order valence-electron chi connectivity index (χ2n) is 5.78. The Labute approximate surface area is 139 Å². The molecule has 1 unspecified atom stereocenters. The normalized spacial score (nSPS) is 17.9. The summed E-state index contributed by atoms with van der Waals surface area (Å²) in [7, 11) is 0. The minimum Gasteiger partial charge on any atom is -0.399 e. The van der Waals surface area contributed by atoms with Crippen molar-refractivity contribution in [2.75, 3.05) is 5.73 Å². The van der Waals surface area contributed by atoms with Gasteiger partial charge in [0.1, 0.15) is 0 Å². The second-order valence-corrected chi connectivity index (χ2v) is 6.16. The van der Waals surface area contributed by atoms with Gasteiger partial charge in [0.15, 0.2) is 0 Å². The van der Waals surface area contributed by atoms with Gasteiger partial charge in [-0.2, -0.15) is 0 Å². The average molecular weight is 329 g/mol. The van der Waals surface area contributed by atoms with E-state index in [0.717, 1.165) is 27.9 Å². The molecule has 0 saturated carbocycles. The maximum atomic E-state index is 12.1. The quantitative estimate of drug-likeness (QED) is 0.655. The van der Waals surface area contributed by atoms with E-state index in [1.54, 1.807) is 0 Å². The average Bonchev–Trinajstić information content (AvgIpc) is 2.51. The van der Waals surface area contributed by atoms with E-state index < -0.39 is 5.92 Å². The largest absolute Gasteiger partial charge is 0.399 e. The summed E-state index contributed by atoms with van der Waals surface area (Å²) in [6.45, 7) is 1.94. The van der Waals surface area contributed by atoms with Gasteiger partial charge in [-0.25, -0.2) is 0 Å². The van der Waals surface area contributed by atoms with Gasteiger partial charge in [0.2, 0.25) is 11.8 Å². The van der Waals surface area contributed by atoms with Gasteiger partial charge in [-0.05, 0) is 42.2 Å². The van der Waals surface area contributed by atoms with Gasteiger partial charge >= 0.3 is 0 Å². The van der Waals surface area contributed by atoms with Gasteiger partial charge in [0.05, 0.1) is 10.9 Å². The number of amides is 2. The SMILES string of the molecule is Cc1cc(-c2cccc(C3CCC(=O)NC3=O)c2Cl)ccc1N. The third-order valence-corrected chi connectivity index (χ3v) is 4.65. The van der Waals surface area contributed by atoms with Crippen LogP contribution in [-0.4, -0.2) is 11.8 Å². The zero-order chi connectivity index (χ0) is 16.6. The Morgan fingerprint density at radius 3 is 2.70 bits per heavy atom. The van der Waals surface area contributed by atoms with Crippen LogP contribution >= 0.6 is 11.6 Å². The van der Waals surface area contributed by atoms with Crippen LogP contribution in [0.15, 0.2) is 36.4 Å². The van der Waals surface area contributed by atoms with Crippen LogP contribution in [0.1, 0.15) is 29.9 Å². The maximum absolute atomic E-state index is 12.1. The molecule has 4 nitrogen and oxygen atoms in total. The van der Waals surface area contributed by atoms with Crippen molar-refractivity contribution >= 4 is 29.1 Å². The van der Waals surface area contributed by atoms with Crippen LogP contribution in [0.3, 0.4) is 0 Å². The van der Waals surface area contributed by atoms with E-state index in [9.17, 15) is 9.59 Å². The highest BCUT2D eigenvalue weighted by molar-refractivity contribution is 6.34. The summed E-state index contributed by atoms with van der Waals surface area (Å²) in [4.78, 5) is 23.4. The van der Waals surface area contributed by atoms with Crippen molar-refractivity contribution in [2.24, 2.45) is 0 Å². The number of rotatable bonds is 2. The van der Waals surface area contributed by atoms with Crippen molar-refractivity contribution in [3.63, 3.8) is 0 Å². The number of benzene rings is 2. The lowest BCUT2D eigenvalue weighted by Gasteiger charge is -2.23. The topological polar surface area (TPSA) is 72.2 Å². The molecule has 1 heterocycles. The molecular formula is C18H17ClN2O2. The van der Waals surface area contributed by atoms with Gasteiger partial charge in [-0.3, -0.25) is 14.9 Å². The number of nitrogens with one attached hydrogen (secondary N) is 1. The lowest BCUT2D eigenvalue weighted by molar-refractivity contribution is -0.134. The molecule has 3 rings (SSSR count). The Hall–Kier alpha value is -2.33. The summed E-state index contributed by atoms with van der Waals surface area (Å²) in [6, 6.07) is 11.4. The zero-order valence-corrected chi connectivity index (χ0v) is 13.5.